The van der Waals surface area contributed by atoms with Crippen molar-refractivity contribution in [2.75, 3.05) is 14.2 Å². The van der Waals surface area contributed by atoms with Crippen molar-refractivity contribution in [3.63, 3.8) is 0 Å². The molecule has 0 aliphatic heterocycles. The van der Waals surface area contributed by atoms with Crippen LogP contribution in [0.15, 0.2) is 30.2 Å². The molecule has 1 aromatic carbocycles. The smallest absolute Gasteiger partial charge is 0.377 e. The van der Waals surface area contributed by atoms with E-state index >= 15 is 0 Å². The van der Waals surface area contributed by atoms with Gasteiger partial charge in [-0.05, 0) is 18.2 Å². The van der Waals surface area contributed by atoms with Crippen molar-refractivity contribution in [3.8, 4) is 5.75 Å². The molecule has 98 valence electrons. The molecule has 1 rings (SSSR count). The van der Waals surface area contributed by atoms with Gasteiger partial charge in [0.25, 0.3) is 0 Å². The van der Waals surface area contributed by atoms with E-state index in [0.29, 0.717) is 16.1 Å². The van der Waals surface area contributed by atoms with Crippen LogP contribution in [0.1, 0.15) is 5.56 Å². The Morgan fingerprint density at radius 2 is 2.17 bits per heavy atom. The molecule has 0 spiro atoms. The Morgan fingerprint density at radius 3 is 2.72 bits per heavy atom. The van der Waals surface area contributed by atoms with Crippen molar-refractivity contribution in [1.29, 1.82) is 0 Å². The molecule has 1 aromatic rings. The first-order valence-electron chi connectivity index (χ1n) is 4.96. The van der Waals surface area contributed by atoms with Crippen LogP contribution in [-0.4, -0.2) is 20.2 Å². The van der Waals surface area contributed by atoms with E-state index in [4.69, 9.17) is 21.1 Å². The van der Waals surface area contributed by atoms with Gasteiger partial charge in [-0.1, -0.05) is 27.5 Å². The lowest BCUT2D eigenvalue weighted by molar-refractivity contribution is -0.138. The van der Waals surface area contributed by atoms with Gasteiger partial charge < -0.3 is 14.2 Å². The van der Waals surface area contributed by atoms with E-state index in [1.165, 1.54) is 20.5 Å². The number of halogens is 2. The molecule has 0 saturated heterocycles. The largest absolute Gasteiger partial charge is 0.500 e. The minimum absolute atomic E-state index is 0.0375. The molecule has 0 aliphatic carbocycles. The monoisotopic (exact) mass is 334 g/mol. The maximum absolute atomic E-state index is 11.4. The SMILES string of the molecule is COC=C(Oc1ccc(Cl)cc1CBr)C(=O)OC. The molecule has 0 N–H and O–H groups in total. The van der Waals surface area contributed by atoms with Gasteiger partial charge in [0.15, 0.2) is 0 Å². The summed E-state index contributed by atoms with van der Waals surface area (Å²) in [5, 5.41) is 1.14. The molecular weight excluding hydrogens is 323 g/mol. The summed E-state index contributed by atoms with van der Waals surface area (Å²) in [5.41, 5.74) is 0.813. The van der Waals surface area contributed by atoms with Crippen LogP contribution >= 0.6 is 27.5 Å². The molecule has 6 heteroatoms. The summed E-state index contributed by atoms with van der Waals surface area (Å²) >= 11 is 9.20. The highest BCUT2D eigenvalue weighted by Gasteiger charge is 2.15. The highest BCUT2D eigenvalue weighted by molar-refractivity contribution is 9.08. The summed E-state index contributed by atoms with van der Waals surface area (Å²) in [6, 6.07) is 5.09. The van der Waals surface area contributed by atoms with Gasteiger partial charge >= 0.3 is 5.97 Å². The molecule has 0 atom stereocenters. The Morgan fingerprint density at radius 1 is 1.44 bits per heavy atom. The van der Waals surface area contributed by atoms with Crippen LogP contribution in [0.4, 0.5) is 0 Å². The molecule has 0 bridgehead atoms. The average Bonchev–Trinajstić information content (AvgIpc) is 2.39. The van der Waals surface area contributed by atoms with Gasteiger partial charge in [-0.15, -0.1) is 0 Å². The molecule has 0 radical (unpaired) electrons. The molecular formula is C12H12BrClO4. The zero-order valence-corrected chi connectivity index (χ0v) is 12.2. The summed E-state index contributed by atoms with van der Waals surface area (Å²) in [6.07, 6.45) is 1.18. The van der Waals surface area contributed by atoms with Gasteiger partial charge in [0.1, 0.15) is 12.0 Å². The fraction of sp³-hybridized carbons (Fsp3) is 0.250. The van der Waals surface area contributed by atoms with Crippen LogP contribution in [0.3, 0.4) is 0 Å². The minimum Gasteiger partial charge on any atom is -0.500 e. The van der Waals surface area contributed by atoms with Gasteiger partial charge in [0, 0.05) is 15.9 Å². The van der Waals surface area contributed by atoms with Crippen molar-refractivity contribution in [2.45, 2.75) is 5.33 Å². The van der Waals surface area contributed by atoms with Gasteiger partial charge in [-0.25, -0.2) is 4.79 Å². The zero-order valence-electron chi connectivity index (χ0n) is 9.91. The number of esters is 1. The number of benzene rings is 1. The number of hydrogen-bond donors (Lipinski definition) is 0. The summed E-state index contributed by atoms with van der Waals surface area (Å²) in [6.45, 7) is 0. The third-order valence-corrected chi connectivity index (χ3v) is 2.84. The van der Waals surface area contributed by atoms with Crippen molar-refractivity contribution >= 4 is 33.5 Å². The summed E-state index contributed by atoms with van der Waals surface area (Å²) < 4.78 is 14.8. The maximum atomic E-state index is 11.4. The van der Waals surface area contributed by atoms with Crippen LogP contribution in [0, 0.1) is 0 Å². The highest BCUT2D eigenvalue weighted by Crippen LogP contribution is 2.26. The number of alkyl halides is 1. The quantitative estimate of drug-likeness (QED) is 0.358. The number of methoxy groups -OCH3 is 2. The van der Waals surface area contributed by atoms with E-state index in [9.17, 15) is 4.79 Å². The summed E-state index contributed by atoms with van der Waals surface area (Å²) in [4.78, 5) is 11.4. The molecule has 4 nitrogen and oxygen atoms in total. The molecule has 0 amide bonds. The molecule has 18 heavy (non-hydrogen) atoms. The molecule has 0 aliphatic rings. The third kappa shape index (κ3) is 3.92. The van der Waals surface area contributed by atoms with E-state index in [0.717, 1.165) is 5.56 Å². The second kappa shape index (κ2) is 7.28. The number of rotatable bonds is 5. The van der Waals surface area contributed by atoms with Gasteiger partial charge in [-0.3, -0.25) is 0 Å². The van der Waals surface area contributed by atoms with Crippen LogP contribution in [0.25, 0.3) is 0 Å². The predicted molar refractivity (Wildman–Crippen MR) is 71.8 cm³/mol. The molecule has 0 fully saturated rings. The van der Waals surface area contributed by atoms with Crippen molar-refractivity contribution in [3.05, 3.63) is 40.8 Å². The third-order valence-electron chi connectivity index (χ3n) is 2.00. The molecule has 0 saturated carbocycles. The van der Waals surface area contributed by atoms with Gasteiger partial charge in [0.05, 0.1) is 14.2 Å². The Kier molecular flexibility index (Phi) is 6.01. The summed E-state index contributed by atoms with van der Waals surface area (Å²) in [5.74, 6) is -0.151. The highest BCUT2D eigenvalue weighted by atomic mass is 79.9. The minimum atomic E-state index is -0.618. The van der Waals surface area contributed by atoms with Crippen LogP contribution < -0.4 is 4.74 Å². The second-order valence-corrected chi connectivity index (χ2v) is 4.19. The van der Waals surface area contributed by atoms with Crippen LogP contribution in [0.2, 0.25) is 5.02 Å². The average molecular weight is 336 g/mol. The number of carbonyl (C=O) groups excluding carboxylic acids is 1. The maximum Gasteiger partial charge on any atom is 0.377 e. The first-order valence-corrected chi connectivity index (χ1v) is 6.45. The Balaban J connectivity index is 3.01. The Labute approximate surface area is 119 Å². The van der Waals surface area contributed by atoms with Crippen molar-refractivity contribution in [2.24, 2.45) is 0 Å². The first-order chi connectivity index (χ1) is 8.62. The van der Waals surface area contributed by atoms with Crippen molar-refractivity contribution < 1.29 is 19.0 Å². The topological polar surface area (TPSA) is 44.8 Å². The molecule has 0 unspecified atom stereocenters. The number of carbonyl (C=O) groups is 1. The fourth-order valence-corrected chi connectivity index (χ4v) is 1.82. The Hall–Kier alpha value is -1.20. The number of hydrogen-bond acceptors (Lipinski definition) is 4. The van der Waals surface area contributed by atoms with Crippen LogP contribution in [0.5, 0.6) is 5.75 Å². The lowest BCUT2D eigenvalue weighted by atomic mass is 10.2. The Bertz CT molecular complexity index is 459. The van der Waals surface area contributed by atoms with Crippen LogP contribution in [-0.2, 0) is 19.6 Å². The molecule has 0 aromatic heterocycles. The first kappa shape index (κ1) is 14.9. The lowest BCUT2D eigenvalue weighted by Crippen LogP contribution is -2.11. The fourth-order valence-electron chi connectivity index (χ4n) is 1.19. The van der Waals surface area contributed by atoms with Gasteiger partial charge in [-0.2, -0.15) is 0 Å². The zero-order chi connectivity index (χ0) is 13.5. The second-order valence-electron chi connectivity index (χ2n) is 3.20. The van der Waals surface area contributed by atoms with E-state index in [2.05, 4.69) is 20.7 Å². The van der Waals surface area contributed by atoms with E-state index in [-0.39, 0.29) is 5.76 Å². The predicted octanol–water partition coefficient (Wildman–Crippen LogP) is 3.27. The van der Waals surface area contributed by atoms with E-state index in [1.54, 1.807) is 18.2 Å². The van der Waals surface area contributed by atoms with E-state index in [1.807, 2.05) is 0 Å². The lowest BCUT2D eigenvalue weighted by Gasteiger charge is -2.11. The van der Waals surface area contributed by atoms with Gasteiger partial charge in [0.2, 0.25) is 5.76 Å². The molecule has 0 heterocycles. The summed E-state index contributed by atoms with van der Waals surface area (Å²) in [7, 11) is 2.68. The standard InChI is InChI=1S/C12H12BrClO4/c1-16-7-11(12(15)17-2)18-10-4-3-9(14)5-8(10)6-13/h3-5,7H,6H2,1-2H3. The van der Waals surface area contributed by atoms with Crippen molar-refractivity contribution in [1.82, 2.24) is 0 Å². The van der Waals surface area contributed by atoms with E-state index < -0.39 is 5.97 Å². The normalized spacial score (nSPS) is 11.0. The number of ether oxygens (including phenoxy) is 3.